The minimum Gasteiger partial charge on any atom is -0.495 e. The average Bonchev–Trinajstić information content (AvgIpc) is 2.59. The normalized spacial score (nSPS) is 11.8. The number of hydrogen-bond acceptors (Lipinski definition) is 5. The largest absolute Gasteiger partial charge is 0.495 e. The van der Waals surface area contributed by atoms with Gasteiger partial charge in [0.15, 0.2) is 0 Å². The number of carbonyl (C=O) groups excluding carboxylic acids is 1. The maximum absolute atomic E-state index is 12.7. The number of rotatable bonds is 7. The fraction of sp³-hybridized carbons (Fsp3) is 0.235. The number of thioether (sulfide) groups is 1. The molecule has 0 spiro atoms. The zero-order valence-corrected chi connectivity index (χ0v) is 16.5. The molecule has 6 nitrogen and oxygen atoms in total. The number of ether oxygens (including phenoxy) is 1. The molecule has 0 fully saturated rings. The van der Waals surface area contributed by atoms with Crippen molar-refractivity contribution in [2.45, 2.75) is 22.9 Å². The third-order valence-electron chi connectivity index (χ3n) is 3.31. The molecule has 28 heavy (non-hydrogen) atoms. The van der Waals surface area contributed by atoms with Gasteiger partial charge in [0.25, 0.3) is 10.0 Å². The van der Waals surface area contributed by atoms with Crippen LogP contribution in [0.1, 0.15) is 6.92 Å². The van der Waals surface area contributed by atoms with Gasteiger partial charge in [0, 0.05) is 11.8 Å². The van der Waals surface area contributed by atoms with Gasteiger partial charge in [-0.1, -0.05) is 12.1 Å². The summed E-state index contributed by atoms with van der Waals surface area (Å²) in [7, 11) is -2.76. The Hall–Kier alpha value is -2.40. The molecular weight excluding hydrogens is 417 g/mol. The minimum atomic E-state index is -4.39. The van der Waals surface area contributed by atoms with E-state index in [2.05, 4.69) is 10.0 Å². The summed E-state index contributed by atoms with van der Waals surface area (Å²) in [6.07, 6.45) is -4.39. The van der Waals surface area contributed by atoms with Gasteiger partial charge in [-0.2, -0.15) is 13.2 Å². The van der Waals surface area contributed by atoms with E-state index in [0.29, 0.717) is 11.8 Å². The number of benzene rings is 2. The van der Waals surface area contributed by atoms with Crippen LogP contribution >= 0.6 is 11.8 Å². The van der Waals surface area contributed by atoms with E-state index in [-0.39, 0.29) is 26.9 Å². The number of hydrogen-bond donors (Lipinski definition) is 2. The van der Waals surface area contributed by atoms with E-state index in [0.717, 1.165) is 0 Å². The fourth-order valence-corrected chi connectivity index (χ4v) is 4.12. The first kappa shape index (κ1) is 21.9. The van der Waals surface area contributed by atoms with Crippen molar-refractivity contribution < 1.29 is 31.1 Å². The summed E-state index contributed by atoms with van der Waals surface area (Å²) in [5.74, 6) is -1.31. The number of sulfonamides is 1. The van der Waals surface area contributed by atoms with Crippen LogP contribution in [0.3, 0.4) is 0 Å². The van der Waals surface area contributed by atoms with E-state index in [1.807, 2.05) is 0 Å². The van der Waals surface area contributed by atoms with Gasteiger partial charge in [0.05, 0.1) is 29.1 Å². The summed E-state index contributed by atoms with van der Waals surface area (Å²) < 4.78 is 70.2. The predicted octanol–water partition coefficient (Wildman–Crippen LogP) is 4.11. The molecule has 2 rings (SSSR count). The number of carbonyl (C=O) groups is 1. The van der Waals surface area contributed by atoms with Crippen molar-refractivity contribution in [2.24, 2.45) is 0 Å². The molecule has 2 aromatic carbocycles. The summed E-state index contributed by atoms with van der Waals surface area (Å²) in [5.41, 5.74) is 0.172. The molecule has 0 saturated heterocycles. The summed E-state index contributed by atoms with van der Waals surface area (Å²) in [6.45, 7) is 1.26. The highest BCUT2D eigenvalue weighted by Crippen LogP contribution is 2.34. The van der Waals surface area contributed by atoms with Crippen molar-refractivity contribution in [2.75, 3.05) is 22.9 Å². The van der Waals surface area contributed by atoms with E-state index in [1.165, 1.54) is 56.5 Å². The summed E-state index contributed by atoms with van der Waals surface area (Å²) >= 11 is 0.479. The lowest BCUT2D eigenvalue weighted by molar-refractivity contribution is -0.114. The van der Waals surface area contributed by atoms with E-state index in [9.17, 15) is 26.4 Å². The average molecular weight is 434 g/mol. The first-order chi connectivity index (χ1) is 13.0. The monoisotopic (exact) mass is 434 g/mol. The van der Waals surface area contributed by atoms with Crippen molar-refractivity contribution in [3.63, 3.8) is 0 Å². The number of amides is 1. The Labute approximate surface area is 164 Å². The Bertz CT molecular complexity index is 963. The van der Waals surface area contributed by atoms with E-state index < -0.39 is 27.9 Å². The van der Waals surface area contributed by atoms with Crippen LogP contribution in [0.25, 0.3) is 0 Å². The second kappa shape index (κ2) is 8.74. The number of halogens is 3. The fourth-order valence-electron chi connectivity index (χ4n) is 2.18. The van der Waals surface area contributed by atoms with Gasteiger partial charge in [-0.05, 0) is 30.3 Å². The Morgan fingerprint density at radius 1 is 1.14 bits per heavy atom. The maximum atomic E-state index is 12.7. The molecular formula is C17H17F3N2O4S2. The first-order valence-electron chi connectivity index (χ1n) is 7.79. The topological polar surface area (TPSA) is 84.5 Å². The lowest BCUT2D eigenvalue weighted by Crippen LogP contribution is -2.15. The molecule has 0 atom stereocenters. The van der Waals surface area contributed by atoms with Gasteiger partial charge >= 0.3 is 6.18 Å². The standard InChI is InChI=1S/C17H17F3N2O4S2/c1-11(23)21-14-9-12(7-8-15(14)26-2)28(24,25)22-13-5-3-4-6-16(13)27-10-17(18,19)20/h3-9,22H,10H2,1-2H3,(H,21,23). The molecule has 11 heteroatoms. The van der Waals surface area contributed by atoms with Crippen LogP contribution in [-0.4, -0.2) is 33.4 Å². The summed E-state index contributed by atoms with van der Waals surface area (Å²) in [6, 6.07) is 9.61. The molecule has 0 aromatic heterocycles. The molecule has 0 aliphatic heterocycles. The number of anilines is 2. The second-order valence-corrected chi connectivity index (χ2v) is 8.25. The Morgan fingerprint density at radius 2 is 1.82 bits per heavy atom. The lowest BCUT2D eigenvalue weighted by Gasteiger charge is -2.15. The molecule has 0 saturated carbocycles. The van der Waals surface area contributed by atoms with Crippen molar-refractivity contribution >= 4 is 39.1 Å². The van der Waals surface area contributed by atoms with Crippen LogP contribution in [0.2, 0.25) is 0 Å². The van der Waals surface area contributed by atoms with Gasteiger partial charge in [-0.3, -0.25) is 9.52 Å². The zero-order chi connectivity index (χ0) is 20.9. The van der Waals surface area contributed by atoms with Crippen LogP contribution in [-0.2, 0) is 14.8 Å². The molecule has 0 bridgehead atoms. The van der Waals surface area contributed by atoms with Crippen molar-refractivity contribution in [3.8, 4) is 5.75 Å². The smallest absolute Gasteiger partial charge is 0.398 e. The highest BCUT2D eigenvalue weighted by Gasteiger charge is 2.28. The zero-order valence-electron chi connectivity index (χ0n) is 14.8. The van der Waals surface area contributed by atoms with E-state index in [4.69, 9.17) is 4.74 Å². The van der Waals surface area contributed by atoms with Crippen molar-refractivity contribution in [3.05, 3.63) is 42.5 Å². The van der Waals surface area contributed by atoms with Crippen LogP contribution in [0.4, 0.5) is 24.5 Å². The Morgan fingerprint density at radius 3 is 2.43 bits per heavy atom. The molecule has 0 aliphatic rings. The summed E-state index contributed by atoms with van der Waals surface area (Å²) in [4.78, 5) is 11.3. The highest BCUT2D eigenvalue weighted by atomic mass is 32.2. The van der Waals surface area contributed by atoms with Crippen molar-refractivity contribution in [1.29, 1.82) is 0 Å². The van der Waals surface area contributed by atoms with Gasteiger partial charge in [-0.25, -0.2) is 8.42 Å². The maximum Gasteiger partial charge on any atom is 0.398 e. The summed E-state index contributed by atoms with van der Waals surface area (Å²) in [5, 5.41) is 2.46. The van der Waals surface area contributed by atoms with Crippen LogP contribution in [0, 0.1) is 0 Å². The van der Waals surface area contributed by atoms with E-state index >= 15 is 0 Å². The molecule has 0 aliphatic carbocycles. The number of methoxy groups -OCH3 is 1. The van der Waals surface area contributed by atoms with Gasteiger partial charge in [0.1, 0.15) is 5.75 Å². The van der Waals surface area contributed by atoms with Gasteiger partial charge in [-0.15, -0.1) is 11.8 Å². The first-order valence-corrected chi connectivity index (χ1v) is 10.3. The Kier molecular flexibility index (Phi) is 6.83. The quantitative estimate of drug-likeness (QED) is 0.641. The SMILES string of the molecule is COc1ccc(S(=O)(=O)Nc2ccccc2SCC(F)(F)F)cc1NC(C)=O. The third-order valence-corrected chi connectivity index (χ3v) is 5.82. The highest BCUT2D eigenvalue weighted by molar-refractivity contribution is 7.99. The molecule has 2 aromatic rings. The molecule has 0 radical (unpaired) electrons. The molecule has 0 unspecified atom stereocenters. The molecule has 2 N–H and O–H groups in total. The molecule has 0 heterocycles. The van der Waals surface area contributed by atoms with Gasteiger partial charge in [0.2, 0.25) is 5.91 Å². The van der Waals surface area contributed by atoms with Crippen LogP contribution in [0.15, 0.2) is 52.3 Å². The van der Waals surface area contributed by atoms with E-state index in [1.54, 1.807) is 0 Å². The van der Waals surface area contributed by atoms with Crippen LogP contribution in [0.5, 0.6) is 5.75 Å². The lowest BCUT2D eigenvalue weighted by atomic mass is 10.3. The number of para-hydroxylation sites is 1. The second-order valence-electron chi connectivity index (χ2n) is 5.55. The third kappa shape index (κ3) is 6.06. The molecule has 1 amide bonds. The predicted molar refractivity (Wildman–Crippen MR) is 101 cm³/mol. The minimum absolute atomic E-state index is 0.0219. The van der Waals surface area contributed by atoms with Gasteiger partial charge < -0.3 is 10.1 Å². The molecule has 152 valence electrons. The van der Waals surface area contributed by atoms with Crippen LogP contribution < -0.4 is 14.8 Å². The number of nitrogens with one attached hydrogen (secondary N) is 2. The number of alkyl halides is 3. The van der Waals surface area contributed by atoms with Crippen molar-refractivity contribution in [1.82, 2.24) is 0 Å². The Balaban J connectivity index is 2.33.